The zero-order valence-electron chi connectivity index (χ0n) is 12.1. The summed E-state index contributed by atoms with van der Waals surface area (Å²) in [5, 5.41) is 3.49. The number of rotatable bonds is 5. The standard InChI is InChI=1S/C16H15Cl2NO2S/c1-10(22-13-6-4-12(21-2)5-7-13)16(20)19-15-8-3-11(17)9-14(15)18/h3-10H,1-2H3,(H,19,20). The Kier molecular flexibility index (Phi) is 6.00. The number of hydrogen-bond donors (Lipinski definition) is 1. The van der Waals surface area contributed by atoms with E-state index in [1.165, 1.54) is 11.8 Å². The highest BCUT2D eigenvalue weighted by atomic mass is 35.5. The lowest BCUT2D eigenvalue weighted by molar-refractivity contribution is -0.115. The molecule has 0 aromatic heterocycles. The molecule has 22 heavy (non-hydrogen) atoms. The van der Waals surface area contributed by atoms with E-state index >= 15 is 0 Å². The molecular formula is C16H15Cl2NO2S. The van der Waals surface area contributed by atoms with Gasteiger partial charge in [0.25, 0.3) is 0 Å². The number of halogens is 2. The lowest BCUT2D eigenvalue weighted by Crippen LogP contribution is -2.22. The molecule has 0 saturated carbocycles. The molecule has 2 aromatic carbocycles. The van der Waals surface area contributed by atoms with Gasteiger partial charge in [-0.05, 0) is 49.4 Å². The fourth-order valence-electron chi connectivity index (χ4n) is 1.74. The zero-order valence-corrected chi connectivity index (χ0v) is 14.4. The molecule has 6 heteroatoms. The Morgan fingerprint density at radius 1 is 1.18 bits per heavy atom. The second-order valence-electron chi connectivity index (χ2n) is 4.55. The van der Waals surface area contributed by atoms with Gasteiger partial charge in [-0.25, -0.2) is 0 Å². The summed E-state index contributed by atoms with van der Waals surface area (Å²) >= 11 is 13.4. The molecular weight excluding hydrogens is 341 g/mol. The van der Waals surface area contributed by atoms with Gasteiger partial charge in [-0.15, -0.1) is 11.8 Å². The molecule has 1 unspecified atom stereocenters. The Balaban J connectivity index is 1.99. The van der Waals surface area contributed by atoms with Crippen molar-refractivity contribution in [3.8, 4) is 5.75 Å². The smallest absolute Gasteiger partial charge is 0.237 e. The van der Waals surface area contributed by atoms with Crippen molar-refractivity contribution in [2.75, 3.05) is 12.4 Å². The quantitative estimate of drug-likeness (QED) is 0.756. The summed E-state index contributed by atoms with van der Waals surface area (Å²) in [5.41, 5.74) is 0.554. The topological polar surface area (TPSA) is 38.3 Å². The third-order valence-electron chi connectivity index (χ3n) is 2.93. The van der Waals surface area contributed by atoms with Crippen LogP contribution in [0.4, 0.5) is 5.69 Å². The van der Waals surface area contributed by atoms with Gasteiger partial charge in [0.15, 0.2) is 0 Å². The molecule has 3 nitrogen and oxygen atoms in total. The average molecular weight is 356 g/mol. The number of thioether (sulfide) groups is 1. The maximum atomic E-state index is 12.2. The van der Waals surface area contributed by atoms with Gasteiger partial charge >= 0.3 is 0 Å². The van der Waals surface area contributed by atoms with Crippen molar-refractivity contribution in [2.45, 2.75) is 17.1 Å². The minimum Gasteiger partial charge on any atom is -0.497 e. The molecule has 1 N–H and O–H groups in total. The average Bonchev–Trinajstić information content (AvgIpc) is 2.50. The van der Waals surface area contributed by atoms with E-state index in [0.717, 1.165) is 10.6 Å². The Labute approximate surface area is 144 Å². The Hall–Kier alpha value is -1.36. The molecule has 2 aromatic rings. The van der Waals surface area contributed by atoms with Crippen LogP contribution in [0.25, 0.3) is 0 Å². The van der Waals surface area contributed by atoms with Crippen LogP contribution >= 0.6 is 35.0 Å². The predicted octanol–water partition coefficient (Wildman–Crippen LogP) is 5.12. The van der Waals surface area contributed by atoms with Crippen molar-refractivity contribution in [3.63, 3.8) is 0 Å². The van der Waals surface area contributed by atoms with Crippen molar-refractivity contribution in [1.29, 1.82) is 0 Å². The Bertz CT molecular complexity index is 662. The molecule has 0 aliphatic rings. The van der Waals surface area contributed by atoms with Crippen LogP contribution in [0.3, 0.4) is 0 Å². The van der Waals surface area contributed by atoms with Crippen molar-refractivity contribution < 1.29 is 9.53 Å². The number of carbonyl (C=O) groups is 1. The molecule has 0 spiro atoms. The number of hydrogen-bond acceptors (Lipinski definition) is 3. The van der Waals surface area contributed by atoms with Crippen LogP contribution in [0.15, 0.2) is 47.4 Å². The van der Waals surface area contributed by atoms with Gasteiger partial charge in [0.05, 0.1) is 23.1 Å². The van der Waals surface area contributed by atoms with Crippen molar-refractivity contribution in [2.24, 2.45) is 0 Å². The van der Waals surface area contributed by atoms with E-state index in [1.54, 1.807) is 25.3 Å². The number of methoxy groups -OCH3 is 1. The highest BCUT2D eigenvalue weighted by Gasteiger charge is 2.16. The molecule has 0 heterocycles. The van der Waals surface area contributed by atoms with Gasteiger partial charge in [0.2, 0.25) is 5.91 Å². The number of nitrogens with one attached hydrogen (secondary N) is 1. The van der Waals surface area contributed by atoms with Crippen molar-refractivity contribution in [1.82, 2.24) is 0 Å². The fourth-order valence-corrected chi connectivity index (χ4v) is 3.06. The minimum absolute atomic E-state index is 0.120. The highest BCUT2D eigenvalue weighted by molar-refractivity contribution is 8.00. The first-order chi connectivity index (χ1) is 10.5. The first-order valence-corrected chi connectivity index (χ1v) is 8.20. The summed E-state index contributed by atoms with van der Waals surface area (Å²) in [4.78, 5) is 13.2. The van der Waals surface area contributed by atoms with Crippen LogP contribution in [0.5, 0.6) is 5.75 Å². The van der Waals surface area contributed by atoms with Crippen molar-refractivity contribution in [3.05, 3.63) is 52.5 Å². The van der Waals surface area contributed by atoms with Gasteiger partial charge in [0.1, 0.15) is 5.75 Å². The lowest BCUT2D eigenvalue weighted by Gasteiger charge is -2.13. The van der Waals surface area contributed by atoms with E-state index < -0.39 is 0 Å². The second kappa shape index (κ2) is 7.77. The normalized spacial score (nSPS) is 11.8. The Morgan fingerprint density at radius 2 is 1.86 bits per heavy atom. The van der Waals surface area contributed by atoms with Gasteiger partial charge < -0.3 is 10.1 Å². The Morgan fingerprint density at radius 3 is 2.45 bits per heavy atom. The molecule has 1 atom stereocenters. The van der Waals surface area contributed by atoms with E-state index in [2.05, 4.69) is 5.32 Å². The third kappa shape index (κ3) is 4.57. The summed E-state index contributed by atoms with van der Waals surface area (Å²) in [5.74, 6) is 0.666. The number of carbonyl (C=O) groups excluding carboxylic acids is 1. The summed E-state index contributed by atoms with van der Waals surface area (Å²) in [6, 6.07) is 12.5. The first-order valence-electron chi connectivity index (χ1n) is 6.56. The zero-order chi connectivity index (χ0) is 16.1. The number of amides is 1. The van der Waals surface area contributed by atoms with E-state index in [0.29, 0.717) is 15.7 Å². The van der Waals surface area contributed by atoms with Crippen LogP contribution < -0.4 is 10.1 Å². The number of anilines is 1. The highest BCUT2D eigenvalue weighted by Crippen LogP contribution is 2.28. The fraction of sp³-hybridized carbons (Fsp3) is 0.188. The van der Waals surface area contributed by atoms with E-state index in [-0.39, 0.29) is 11.2 Å². The summed E-state index contributed by atoms with van der Waals surface area (Å²) in [6.07, 6.45) is 0. The van der Waals surface area contributed by atoms with Crippen LogP contribution in [-0.2, 0) is 4.79 Å². The number of ether oxygens (including phenoxy) is 1. The largest absolute Gasteiger partial charge is 0.497 e. The van der Waals surface area contributed by atoms with Crippen LogP contribution in [-0.4, -0.2) is 18.3 Å². The van der Waals surface area contributed by atoms with E-state index in [4.69, 9.17) is 27.9 Å². The molecule has 1 amide bonds. The maximum absolute atomic E-state index is 12.2. The molecule has 116 valence electrons. The molecule has 0 fully saturated rings. The predicted molar refractivity (Wildman–Crippen MR) is 93.4 cm³/mol. The first kappa shape index (κ1) is 17.0. The van der Waals surface area contributed by atoms with Crippen LogP contribution in [0, 0.1) is 0 Å². The van der Waals surface area contributed by atoms with Crippen LogP contribution in [0.2, 0.25) is 10.0 Å². The van der Waals surface area contributed by atoms with Gasteiger partial charge in [-0.1, -0.05) is 23.2 Å². The number of benzene rings is 2. The molecule has 0 radical (unpaired) electrons. The monoisotopic (exact) mass is 355 g/mol. The summed E-state index contributed by atoms with van der Waals surface area (Å²) in [7, 11) is 1.62. The van der Waals surface area contributed by atoms with E-state index in [1.807, 2.05) is 31.2 Å². The summed E-state index contributed by atoms with van der Waals surface area (Å²) in [6.45, 7) is 1.84. The molecule has 0 saturated heterocycles. The summed E-state index contributed by atoms with van der Waals surface area (Å²) < 4.78 is 5.11. The SMILES string of the molecule is COc1ccc(SC(C)C(=O)Nc2ccc(Cl)cc2Cl)cc1. The molecule has 2 rings (SSSR count). The molecule has 0 aliphatic heterocycles. The van der Waals surface area contributed by atoms with Gasteiger partial charge in [-0.2, -0.15) is 0 Å². The van der Waals surface area contributed by atoms with Crippen LogP contribution in [0.1, 0.15) is 6.92 Å². The lowest BCUT2D eigenvalue weighted by atomic mass is 10.3. The van der Waals surface area contributed by atoms with Gasteiger partial charge in [0, 0.05) is 9.92 Å². The maximum Gasteiger partial charge on any atom is 0.237 e. The van der Waals surface area contributed by atoms with Crippen molar-refractivity contribution >= 4 is 46.6 Å². The second-order valence-corrected chi connectivity index (χ2v) is 6.81. The van der Waals surface area contributed by atoms with Gasteiger partial charge in [-0.3, -0.25) is 4.79 Å². The van der Waals surface area contributed by atoms with E-state index in [9.17, 15) is 4.79 Å². The minimum atomic E-state index is -0.264. The third-order valence-corrected chi connectivity index (χ3v) is 4.59. The molecule has 0 bridgehead atoms. The molecule has 0 aliphatic carbocycles.